The zero-order chi connectivity index (χ0) is 18.5. The van der Waals surface area contributed by atoms with Crippen LogP contribution in [0.25, 0.3) is 0 Å². The molecule has 1 heterocycles. The van der Waals surface area contributed by atoms with Crippen LogP contribution in [-0.4, -0.2) is 41.6 Å². The maximum absolute atomic E-state index is 12.4. The normalized spacial score (nSPS) is 13.4. The van der Waals surface area contributed by atoms with E-state index in [1.54, 1.807) is 6.92 Å². The van der Waals surface area contributed by atoms with Crippen LogP contribution in [0.2, 0.25) is 0 Å². The fraction of sp³-hybridized carbons (Fsp3) is 0.267. The Bertz CT molecular complexity index is 915. The first kappa shape index (κ1) is 19.3. The highest BCUT2D eigenvalue weighted by Gasteiger charge is 2.21. The second-order valence-electron chi connectivity index (χ2n) is 5.29. The molecule has 0 aliphatic heterocycles. The number of aromatic nitrogens is 1. The van der Waals surface area contributed by atoms with E-state index in [0.717, 1.165) is 6.07 Å². The standard InChI is InChI=1S/C15H19N3O5S2/c1-12(11-23-2)17-24(19,20)14-4-3-5-15(10-14)25(21,22)18-13-6-8-16-9-7-13/h3-10,12,17H,11H2,1-2H3,(H,16,18). The number of pyridine rings is 1. The average Bonchev–Trinajstić information content (AvgIpc) is 2.55. The summed E-state index contributed by atoms with van der Waals surface area (Å²) in [6.45, 7) is 1.84. The molecule has 0 saturated carbocycles. The molecular formula is C15H19N3O5S2. The van der Waals surface area contributed by atoms with E-state index in [-0.39, 0.29) is 16.4 Å². The van der Waals surface area contributed by atoms with Crippen LogP contribution in [0.5, 0.6) is 0 Å². The number of hydrogen-bond acceptors (Lipinski definition) is 6. The monoisotopic (exact) mass is 385 g/mol. The number of anilines is 1. The molecule has 2 rings (SSSR count). The Hall–Kier alpha value is -2.01. The van der Waals surface area contributed by atoms with Gasteiger partial charge in [0.15, 0.2) is 0 Å². The van der Waals surface area contributed by atoms with Crippen molar-refractivity contribution in [3.05, 3.63) is 48.8 Å². The number of benzene rings is 1. The van der Waals surface area contributed by atoms with Crippen molar-refractivity contribution in [1.29, 1.82) is 0 Å². The van der Waals surface area contributed by atoms with E-state index in [4.69, 9.17) is 4.74 Å². The molecule has 136 valence electrons. The van der Waals surface area contributed by atoms with Crippen molar-refractivity contribution in [2.75, 3.05) is 18.4 Å². The van der Waals surface area contributed by atoms with E-state index in [1.807, 2.05) is 0 Å². The lowest BCUT2D eigenvalue weighted by molar-refractivity contribution is 0.180. The van der Waals surface area contributed by atoms with Gasteiger partial charge in [-0.3, -0.25) is 9.71 Å². The number of hydrogen-bond donors (Lipinski definition) is 2. The Morgan fingerprint density at radius 2 is 1.64 bits per heavy atom. The highest BCUT2D eigenvalue weighted by molar-refractivity contribution is 7.93. The van der Waals surface area contributed by atoms with Gasteiger partial charge < -0.3 is 4.74 Å². The van der Waals surface area contributed by atoms with E-state index < -0.39 is 26.1 Å². The third-order valence-corrected chi connectivity index (χ3v) is 6.10. The van der Waals surface area contributed by atoms with Crippen LogP contribution in [0.1, 0.15) is 6.92 Å². The van der Waals surface area contributed by atoms with E-state index in [9.17, 15) is 16.8 Å². The Labute approximate surface area is 147 Å². The molecule has 1 aromatic heterocycles. The molecule has 1 unspecified atom stereocenters. The summed E-state index contributed by atoms with van der Waals surface area (Å²) in [5.74, 6) is 0. The maximum Gasteiger partial charge on any atom is 0.261 e. The molecule has 2 aromatic rings. The summed E-state index contributed by atoms with van der Waals surface area (Å²) in [6, 6.07) is 7.65. The van der Waals surface area contributed by atoms with Crippen molar-refractivity contribution >= 4 is 25.7 Å². The van der Waals surface area contributed by atoms with Crippen molar-refractivity contribution in [2.45, 2.75) is 22.8 Å². The number of methoxy groups -OCH3 is 1. The summed E-state index contributed by atoms with van der Waals surface area (Å²) in [5, 5.41) is 0. The van der Waals surface area contributed by atoms with Crippen LogP contribution < -0.4 is 9.44 Å². The minimum Gasteiger partial charge on any atom is -0.383 e. The maximum atomic E-state index is 12.4. The predicted octanol–water partition coefficient (Wildman–Crippen LogP) is 1.20. The molecule has 0 fully saturated rings. The molecule has 0 bridgehead atoms. The first-order valence-corrected chi connectivity index (χ1v) is 10.3. The van der Waals surface area contributed by atoms with Crippen LogP contribution >= 0.6 is 0 Å². The fourth-order valence-electron chi connectivity index (χ4n) is 2.06. The highest BCUT2D eigenvalue weighted by atomic mass is 32.2. The second kappa shape index (κ2) is 7.91. The molecule has 0 aliphatic rings. The topological polar surface area (TPSA) is 114 Å². The van der Waals surface area contributed by atoms with Gasteiger partial charge in [0.25, 0.3) is 10.0 Å². The molecule has 1 atom stereocenters. The van der Waals surface area contributed by atoms with Crippen molar-refractivity contribution in [2.24, 2.45) is 0 Å². The van der Waals surface area contributed by atoms with Gasteiger partial charge in [-0.25, -0.2) is 21.6 Å². The molecule has 0 radical (unpaired) electrons. The molecule has 1 aromatic carbocycles. The molecule has 0 saturated heterocycles. The zero-order valence-corrected chi connectivity index (χ0v) is 15.3. The minimum absolute atomic E-state index is 0.145. The van der Waals surface area contributed by atoms with Crippen LogP contribution in [0.4, 0.5) is 5.69 Å². The van der Waals surface area contributed by atoms with Crippen molar-refractivity contribution in [3.8, 4) is 0 Å². The Morgan fingerprint density at radius 1 is 1.04 bits per heavy atom. The molecule has 0 spiro atoms. The SMILES string of the molecule is COCC(C)NS(=O)(=O)c1cccc(S(=O)(=O)Nc2ccncc2)c1. The molecule has 10 heteroatoms. The van der Waals surface area contributed by atoms with Gasteiger partial charge in [0.2, 0.25) is 10.0 Å². The zero-order valence-electron chi connectivity index (χ0n) is 13.7. The first-order chi connectivity index (χ1) is 11.7. The Morgan fingerprint density at radius 3 is 2.24 bits per heavy atom. The number of sulfonamides is 2. The summed E-state index contributed by atoms with van der Waals surface area (Å²) in [6.07, 6.45) is 2.89. The van der Waals surface area contributed by atoms with Gasteiger partial charge >= 0.3 is 0 Å². The van der Waals surface area contributed by atoms with Crippen molar-refractivity contribution in [3.63, 3.8) is 0 Å². The summed E-state index contributed by atoms with van der Waals surface area (Å²) >= 11 is 0. The van der Waals surface area contributed by atoms with Gasteiger partial charge in [-0.15, -0.1) is 0 Å². The fourth-order valence-corrected chi connectivity index (χ4v) is 4.51. The van der Waals surface area contributed by atoms with E-state index in [1.165, 1.54) is 49.8 Å². The van der Waals surface area contributed by atoms with Gasteiger partial charge in [-0.1, -0.05) is 6.07 Å². The summed E-state index contributed by atoms with van der Waals surface area (Å²) in [4.78, 5) is 3.50. The Balaban J connectivity index is 2.29. The van der Waals surface area contributed by atoms with Gasteiger partial charge in [0.05, 0.1) is 22.1 Å². The molecular weight excluding hydrogens is 366 g/mol. The third kappa shape index (κ3) is 5.23. The summed E-state index contributed by atoms with van der Waals surface area (Å²) in [7, 11) is -6.34. The number of rotatable bonds is 8. The van der Waals surface area contributed by atoms with Crippen LogP contribution in [0, 0.1) is 0 Å². The van der Waals surface area contributed by atoms with Gasteiger partial charge in [0.1, 0.15) is 0 Å². The summed E-state index contributed by atoms with van der Waals surface area (Å²) in [5.41, 5.74) is 0.329. The van der Waals surface area contributed by atoms with E-state index >= 15 is 0 Å². The molecule has 25 heavy (non-hydrogen) atoms. The first-order valence-electron chi connectivity index (χ1n) is 7.29. The lowest BCUT2D eigenvalue weighted by Crippen LogP contribution is -2.35. The van der Waals surface area contributed by atoms with Gasteiger partial charge in [-0.05, 0) is 37.3 Å². The van der Waals surface area contributed by atoms with E-state index in [0.29, 0.717) is 5.69 Å². The van der Waals surface area contributed by atoms with Gasteiger partial charge in [-0.2, -0.15) is 0 Å². The van der Waals surface area contributed by atoms with Crippen LogP contribution in [0.15, 0.2) is 58.6 Å². The second-order valence-corrected chi connectivity index (χ2v) is 8.69. The molecule has 8 nitrogen and oxygen atoms in total. The van der Waals surface area contributed by atoms with Gasteiger partial charge in [0, 0.05) is 25.5 Å². The number of nitrogens with one attached hydrogen (secondary N) is 2. The quantitative estimate of drug-likeness (QED) is 0.706. The Kier molecular flexibility index (Phi) is 6.11. The highest BCUT2D eigenvalue weighted by Crippen LogP contribution is 2.19. The predicted molar refractivity (Wildman–Crippen MR) is 93.1 cm³/mol. The van der Waals surface area contributed by atoms with E-state index in [2.05, 4.69) is 14.4 Å². The largest absolute Gasteiger partial charge is 0.383 e. The third-order valence-electron chi connectivity index (χ3n) is 3.13. The van der Waals surface area contributed by atoms with Crippen LogP contribution in [0.3, 0.4) is 0 Å². The van der Waals surface area contributed by atoms with Crippen LogP contribution in [-0.2, 0) is 24.8 Å². The smallest absolute Gasteiger partial charge is 0.261 e. The van der Waals surface area contributed by atoms with Crippen molar-refractivity contribution < 1.29 is 21.6 Å². The molecule has 0 aliphatic carbocycles. The lowest BCUT2D eigenvalue weighted by atomic mass is 10.4. The molecule has 2 N–H and O–H groups in total. The lowest BCUT2D eigenvalue weighted by Gasteiger charge is -2.14. The number of nitrogens with zero attached hydrogens (tertiary/aromatic N) is 1. The molecule has 0 amide bonds. The van der Waals surface area contributed by atoms with Crippen molar-refractivity contribution in [1.82, 2.24) is 9.71 Å². The minimum atomic E-state index is -3.93. The number of ether oxygens (including phenoxy) is 1. The summed E-state index contributed by atoms with van der Waals surface area (Å²) < 4.78 is 59.3. The average molecular weight is 385 g/mol.